The normalized spacial score (nSPS) is 17.3. The molecule has 7 heterocycles. The Morgan fingerprint density at radius 3 is 1.68 bits per heavy atom. The molecule has 4 N–H and O–H groups in total. The Bertz CT molecular complexity index is 2930. The predicted octanol–water partition coefficient (Wildman–Crippen LogP) is 5.20. The first-order valence-electron chi connectivity index (χ1n) is 19.7. The van der Waals surface area contributed by atoms with Gasteiger partial charge in [-0.05, 0) is 67.6 Å². The number of nitrogens with zero attached hydrogens (tertiary/aromatic N) is 15. The Labute approximate surface area is 390 Å². The Morgan fingerprint density at radius 1 is 0.762 bits per heavy atom. The van der Waals surface area contributed by atoms with E-state index >= 15 is 0 Å². The molecule has 0 spiro atoms. The van der Waals surface area contributed by atoms with Gasteiger partial charge in [0.05, 0.1) is 35.9 Å². The summed E-state index contributed by atoms with van der Waals surface area (Å²) in [5.41, 5.74) is 20.3. The molecule has 0 radical (unpaired) electrons. The van der Waals surface area contributed by atoms with Gasteiger partial charge in [0.1, 0.15) is 35.6 Å². The first kappa shape index (κ1) is 46.2. The molecule has 2 unspecified atom stereocenters. The van der Waals surface area contributed by atoms with E-state index in [2.05, 4.69) is 56.7 Å². The van der Waals surface area contributed by atoms with Crippen molar-refractivity contribution in [2.75, 3.05) is 14.1 Å². The van der Waals surface area contributed by atoms with Crippen LogP contribution in [0.3, 0.4) is 0 Å². The number of amides is 2. The second kappa shape index (κ2) is 18.6. The standard InChI is InChI=1S/C21H20N8O.C21H19N5O.ClH.N3.H3N.Na/c1-11-21(30)28(2)10-17-18(23-20(29(11)17)12-6-7-12)14-5-3-4-13-8-16(22-9-15(13)14)19-24-26-27-25-19;1-12-21(27)25(3)11-17-19(24-20(26(12)17)13-7-8-13)15-6-4-5-14-9-18(22-2)23-10-16(14)15;;1-3-2;;/h3-5,8-9,11-12H,6-7,10H2,1-2H3,(H,24,25,26,27);4-6,9-10,12-13H,7-8,11H2,1,3H3;1H;;1H3;/q;;;-1;;+1. The first-order chi connectivity index (χ1) is 29.1. The van der Waals surface area contributed by atoms with E-state index in [1.807, 2.05) is 70.5 Å². The van der Waals surface area contributed by atoms with Crippen LogP contribution in [-0.2, 0) is 22.7 Å². The van der Waals surface area contributed by atoms with Crippen molar-refractivity contribution >= 4 is 51.6 Å². The molecule has 0 bridgehead atoms. The quantitative estimate of drug-likeness (QED) is 0.0751. The molecule has 2 aliphatic heterocycles. The Morgan fingerprint density at radius 2 is 1.24 bits per heavy atom. The number of carbonyl (C=O) groups is 2. The van der Waals surface area contributed by atoms with Crippen LogP contribution in [0.25, 0.3) is 76.4 Å². The number of pyridine rings is 2. The topological polar surface area (TPSA) is 255 Å². The summed E-state index contributed by atoms with van der Waals surface area (Å²) in [7, 11) is 3.71. The molecule has 2 aromatic carbocycles. The number of rotatable bonds is 5. The molecule has 21 heteroatoms. The maximum atomic E-state index is 12.6. The molecular weight excluding hydrogens is 833 g/mol. The van der Waals surface area contributed by atoms with Gasteiger partial charge in [0.2, 0.25) is 17.6 Å². The van der Waals surface area contributed by atoms with Crippen molar-refractivity contribution in [3.05, 3.63) is 111 Å². The number of nitrogens with one attached hydrogen (secondary N) is 1. The van der Waals surface area contributed by atoms with Crippen LogP contribution in [0, 0.1) is 6.57 Å². The summed E-state index contributed by atoms with van der Waals surface area (Å²) in [6, 6.07) is 15.5. The molecule has 63 heavy (non-hydrogen) atoms. The minimum atomic E-state index is -0.228. The van der Waals surface area contributed by atoms with Crippen LogP contribution >= 0.6 is 12.4 Å². The molecule has 2 atom stereocenters. The van der Waals surface area contributed by atoms with E-state index in [0.717, 1.165) is 92.8 Å². The third-order valence-corrected chi connectivity index (χ3v) is 11.7. The molecule has 2 aliphatic carbocycles. The summed E-state index contributed by atoms with van der Waals surface area (Å²) in [5.74, 6) is 4.12. The number of carbonyl (C=O) groups excluding carboxylic acids is 2. The molecule has 19 nitrogen and oxygen atoms in total. The molecule has 0 saturated heterocycles. The van der Waals surface area contributed by atoms with Gasteiger partial charge in [-0.3, -0.25) is 19.5 Å². The van der Waals surface area contributed by atoms with Crippen molar-refractivity contribution in [3.8, 4) is 34.0 Å². The summed E-state index contributed by atoms with van der Waals surface area (Å²) >= 11 is 0. The SMILES string of the molecule is CC1C(=O)N(C)Cc2c(-c3cccc4cc(-c5nn[nH]n5)ncc34)nc(C3CC3)n21.Cl.N.[C-]#[N+]c1cc2cccc(-c3nc(C4CC4)n4c3CN(C)C(=O)C4C)c2cn1.[N-]=[N+]=[N-].[Na+]. The number of imidazole rings is 2. The summed E-state index contributed by atoms with van der Waals surface area (Å²) in [6.45, 7) is 12.2. The van der Waals surface area contributed by atoms with E-state index in [9.17, 15) is 9.59 Å². The van der Waals surface area contributed by atoms with Gasteiger partial charge >= 0.3 is 29.6 Å². The molecule has 316 valence electrons. The minimum absolute atomic E-state index is 0. The number of aromatic nitrogens is 10. The number of benzene rings is 2. The van der Waals surface area contributed by atoms with Crippen LogP contribution in [0.15, 0.2) is 60.9 Å². The minimum Gasteiger partial charge on any atom is -0.373 e. The van der Waals surface area contributed by atoms with Crippen LogP contribution < -0.4 is 35.7 Å². The number of tetrazole rings is 1. The summed E-state index contributed by atoms with van der Waals surface area (Å²) in [6.07, 6.45) is 8.16. The largest absolute Gasteiger partial charge is 1.00 e. The van der Waals surface area contributed by atoms with Crippen LogP contribution in [0.2, 0.25) is 0 Å². The third-order valence-electron chi connectivity index (χ3n) is 11.7. The number of fused-ring (bicyclic) bond motifs is 4. The molecule has 5 aromatic heterocycles. The Hall–Kier alpha value is -6.26. The first-order valence-corrected chi connectivity index (χ1v) is 19.7. The van der Waals surface area contributed by atoms with Gasteiger partial charge in [0.15, 0.2) is 0 Å². The van der Waals surface area contributed by atoms with Gasteiger partial charge in [-0.1, -0.05) is 43.0 Å². The van der Waals surface area contributed by atoms with Crippen molar-refractivity contribution < 1.29 is 39.1 Å². The fourth-order valence-electron chi connectivity index (χ4n) is 8.49. The zero-order chi connectivity index (χ0) is 41.8. The Balaban J connectivity index is 0.000000190. The van der Waals surface area contributed by atoms with Crippen molar-refractivity contribution in [2.24, 2.45) is 0 Å². The molecule has 4 aliphatic rings. The predicted molar refractivity (Wildman–Crippen MR) is 234 cm³/mol. The summed E-state index contributed by atoms with van der Waals surface area (Å²) < 4.78 is 4.34. The van der Waals surface area contributed by atoms with Gasteiger partial charge in [-0.2, -0.15) is 5.21 Å². The van der Waals surface area contributed by atoms with Crippen molar-refractivity contribution in [1.82, 2.24) is 65.6 Å². The molecule has 2 fully saturated rings. The number of aromatic amines is 1. The zero-order valence-corrected chi connectivity index (χ0v) is 38.3. The van der Waals surface area contributed by atoms with E-state index in [4.69, 9.17) is 27.6 Å². The number of likely N-dealkylation sites (N-methyl/N-ethyl adjacent to an activating group) is 2. The van der Waals surface area contributed by atoms with Crippen LogP contribution in [-0.4, -0.2) is 85.4 Å². The second-order valence-electron chi connectivity index (χ2n) is 15.7. The van der Waals surface area contributed by atoms with Crippen molar-refractivity contribution in [2.45, 2.75) is 76.5 Å². The van der Waals surface area contributed by atoms with E-state index in [0.29, 0.717) is 42.3 Å². The number of hydrogen-bond donors (Lipinski definition) is 2. The van der Waals surface area contributed by atoms with Gasteiger partial charge < -0.3 is 41.0 Å². The fraction of sp³-hybridized carbons (Fsp3) is 0.333. The van der Waals surface area contributed by atoms with E-state index in [1.54, 1.807) is 16.0 Å². The third kappa shape index (κ3) is 8.36. The monoisotopic (exact) mass is 875 g/mol. The van der Waals surface area contributed by atoms with Gasteiger partial charge in [-0.15, -0.1) is 27.6 Å². The number of halogens is 1. The van der Waals surface area contributed by atoms with Crippen molar-refractivity contribution in [1.29, 1.82) is 0 Å². The van der Waals surface area contributed by atoms with E-state index in [1.165, 1.54) is 4.91 Å². The molecule has 11 rings (SSSR count). The zero-order valence-electron chi connectivity index (χ0n) is 35.5. The van der Waals surface area contributed by atoms with E-state index < -0.39 is 0 Å². The molecule has 2 saturated carbocycles. The summed E-state index contributed by atoms with van der Waals surface area (Å²) in [5, 5.41) is 18.1. The number of hydrogen-bond acceptors (Lipinski definition) is 10. The molecular formula is C42H43ClN17NaO2. The summed E-state index contributed by atoms with van der Waals surface area (Å²) in [4.78, 5) is 52.6. The average Bonchev–Trinajstić information content (AvgIpc) is 4.17. The second-order valence-corrected chi connectivity index (χ2v) is 15.7. The van der Waals surface area contributed by atoms with Crippen LogP contribution in [0.5, 0.6) is 0 Å². The van der Waals surface area contributed by atoms with Gasteiger partial charge in [0, 0.05) is 54.0 Å². The maximum absolute atomic E-state index is 12.6. The van der Waals surface area contributed by atoms with Crippen molar-refractivity contribution in [3.63, 3.8) is 0 Å². The van der Waals surface area contributed by atoms with Gasteiger partial charge in [-0.25, -0.2) is 9.97 Å². The van der Waals surface area contributed by atoms with Crippen LogP contribution in [0.1, 0.15) is 86.5 Å². The Kier molecular flexibility index (Phi) is 13.7. The average molecular weight is 876 g/mol. The van der Waals surface area contributed by atoms with E-state index in [-0.39, 0.29) is 72.0 Å². The fourth-order valence-corrected chi connectivity index (χ4v) is 8.49. The van der Waals surface area contributed by atoms with Crippen LogP contribution in [0.4, 0.5) is 5.82 Å². The smallest absolute Gasteiger partial charge is 0.373 e. The van der Waals surface area contributed by atoms with Gasteiger partial charge in [0.25, 0.3) is 5.82 Å². The maximum Gasteiger partial charge on any atom is 1.00 e. The molecule has 2 amide bonds. The molecule has 7 aromatic rings. The number of H-pyrrole nitrogens is 1.